The van der Waals surface area contributed by atoms with Gasteiger partial charge in [0.05, 0.1) is 0 Å². The van der Waals surface area contributed by atoms with Gasteiger partial charge >= 0.3 is 0 Å². The van der Waals surface area contributed by atoms with E-state index >= 15 is 0 Å². The molecule has 0 saturated heterocycles. The first-order valence-corrected chi connectivity index (χ1v) is 6.99. The molecule has 1 amide bonds. The Morgan fingerprint density at radius 3 is 2.45 bits per heavy atom. The monoisotopic (exact) mass is 298 g/mol. The predicted molar refractivity (Wildman–Crippen MR) is 87.3 cm³/mol. The molecule has 0 unspecified atom stereocenters. The Morgan fingerprint density at radius 2 is 1.85 bits per heavy atom. The third-order valence-electron chi connectivity index (χ3n) is 3.12. The fourth-order valence-corrected chi connectivity index (χ4v) is 2.06. The summed E-state index contributed by atoms with van der Waals surface area (Å²) in [5, 5.41) is 6.08. The molecule has 1 aromatic rings. The minimum absolute atomic E-state index is 0. The lowest BCUT2D eigenvalue weighted by molar-refractivity contribution is -0.121. The van der Waals surface area contributed by atoms with Gasteiger partial charge in [-0.15, -0.1) is 12.4 Å². The van der Waals surface area contributed by atoms with Crippen molar-refractivity contribution in [3.8, 4) is 0 Å². The van der Waals surface area contributed by atoms with E-state index in [1.807, 2.05) is 13.1 Å². The van der Waals surface area contributed by atoms with Crippen LogP contribution in [0.15, 0.2) is 30.3 Å². The van der Waals surface area contributed by atoms with Crippen LogP contribution in [0.4, 0.5) is 0 Å². The molecule has 1 aromatic carbocycles. The van der Waals surface area contributed by atoms with Gasteiger partial charge in [-0.1, -0.05) is 44.2 Å². The van der Waals surface area contributed by atoms with Crippen LogP contribution in [0, 0.1) is 5.41 Å². The fraction of sp³-hybridized carbons (Fsp3) is 0.562. The number of nitrogens with one attached hydrogen (secondary N) is 2. The van der Waals surface area contributed by atoms with E-state index in [1.54, 1.807) is 0 Å². The van der Waals surface area contributed by atoms with Gasteiger partial charge in [0.15, 0.2) is 0 Å². The quantitative estimate of drug-likeness (QED) is 0.725. The summed E-state index contributed by atoms with van der Waals surface area (Å²) in [5.41, 5.74) is 1.40. The summed E-state index contributed by atoms with van der Waals surface area (Å²) in [7, 11) is 1.90. The van der Waals surface area contributed by atoms with Gasteiger partial charge in [0.1, 0.15) is 0 Å². The molecule has 114 valence electrons. The average Bonchev–Trinajstić information content (AvgIpc) is 2.38. The topological polar surface area (TPSA) is 41.1 Å². The Morgan fingerprint density at radius 1 is 1.20 bits per heavy atom. The van der Waals surface area contributed by atoms with E-state index in [1.165, 1.54) is 5.56 Å². The first-order chi connectivity index (χ1) is 9.03. The predicted octanol–water partition coefficient (Wildman–Crippen LogP) is 2.79. The summed E-state index contributed by atoms with van der Waals surface area (Å²) in [6.07, 6.45) is 2.47. The third kappa shape index (κ3) is 8.18. The molecule has 0 heterocycles. The second-order valence-corrected chi connectivity index (χ2v) is 5.81. The van der Waals surface area contributed by atoms with Crippen LogP contribution >= 0.6 is 12.4 Å². The maximum Gasteiger partial charge on any atom is 0.220 e. The maximum atomic E-state index is 11.7. The molecule has 0 aromatic heterocycles. The second-order valence-electron chi connectivity index (χ2n) is 5.81. The first-order valence-electron chi connectivity index (χ1n) is 6.99. The standard InChI is InChI=1S/C16H26N2O.ClH/c1-16(2,12-14-8-5-4-6-9-14)13-18-15(19)10-7-11-17-3;/h4-6,8-9,17H,7,10-13H2,1-3H3,(H,18,19);1H. The molecule has 20 heavy (non-hydrogen) atoms. The van der Waals surface area contributed by atoms with Crippen LogP contribution in [0.5, 0.6) is 0 Å². The van der Waals surface area contributed by atoms with Crippen LogP contribution in [-0.4, -0.2) is 26.0 Å². The van der Waals surface area contributed by atoms with Gasteiger partial charge in [-0.05, 0) is 37.4 Å². The van der Waals surface area contributed by atoms with Gasteiger partial charge < -0.3 is 10.6 Å². The van der Waals surface area contributed by atoms with Crippen LogP contribution in [0.3, 0.4) is 0 Å². The number of carbonyl (C=O) groups is 1. The van der Waals surface area contributed by atoms with Crippen molar-refractivity contribution in [1.82, 2.24) is 10.6 Å². The summed E-state index contributed by atoms with van der Waals surface area (Å²) >= 11 is 0. The van der Waals surface area contributed by atoms with Crippen molar-refractivity contribution in [2.45, 2.75) is 33.1 Å². The van der Waals surface area contributed by atoms with Crippen LogP contribution in [0.2, 0.25) is 0 Å². The van der Waals surface area contributed by atoms with Crippen molar-refractivity contribution < 1.29 is 4.79 Å². The SMILES string of the molecule is CNCCCC(=O)NCC(C)(C)Cc1ccccc1.Cl. The van der Waals surface area contributed by atoms with Gasteiger partial charge in [0.25, 0.3) is 0 Å². The summed E-state index contributed by atoms with van der Waals surface area (Å²) in [4.78, 5) is 11.7. The minimum Gasteiger partial charge on any atom is -0.356 e. The van der Waals surface area contributed by atoms with E-state index in [-0.39, 0.29) is 23.7 Å². The van der Waals surface area contributed by atoms with Crippen molar-refractivity contribution in [2.75, 3.05) is 20.1 Å². The van der Waals surface area contributed by atoms with E-state index in [2.05, 4.69) is 48.7 Å². The molecule has 0 fully saturated rings. The lowest BCUT2D eigenvalue weighted by atomic mass is 9.85. The summed E-state index contributed by atoms with van der Waals surface area (Å²) in [5.74, 6) is 0.149. The lowest BCUT2D eigenvalue weighted by Gasteiger charge is -2.25. The van der Waals surface area contributed by atoms with Crippen LogP contribution in [-0.2, 0) is 11.2 Å². The van der Waals surface area contributed by atoms with Gasteiger partial charge in [0.2, 0.25) is 5.91 Å². The highest BCUT2D eigenvalue weighted by Gasteiger charge is 2.19. The highest BCUT2D eigenvalue weighted by atomic mass is 35.5. The number of amides is 1. The molecule has 0 saturated carbocycles. The molecule has 0 radical (unpaired) electrons. The molecular weight excluding hydrogens is 272 g/mol. The normalized spacial score (nSPS) is 10.8. The van der Waals surface area contributed by atoms with Crippen molar-refractivity contribution in [2.24, 2.45) is 5.41 Å². The number of rotatable bonds is 8. The lowest BCUT2D eigenvalue weighted by Crippen LogP contribution is -2.35. The number of hydrogen-bond acceptors (Lipinski definition) is 2. The van der Waals surface area contributed by atoms with Crippen LogP contribution in [0.25, 0.3) is 0 Å². The number of halogens is 1. The largest absolute Gasteiger partial charge is 0.356 e. The van der Waals surface area contributed by atoms with E-state index in [0.717, 1.165) is 25.9 Å². The fourth-order valence-electron chi connectivity index (χ4n) is 2.06. The number of benzene rings is 1. The van der Waals surface area contributed by atoms with Gasteiger partial charge in [-0.25, -0.2) is 0 Å². The van der Waals surface area contributed by atoms with E-state index in [9.17, 15) is 4.79 Å². The van der Waals surface area contributed by atoms with Crippen LogP contribution in [0.1, 0.15) is 32.3 Å². The highest BCUT2D eigenvalue weighted by molar-refractivity contribution is 5.85. The summed E-state index contributed by atoms with van der Waals surface area (Å²) in [6.45, 7) is 5.99. The Labute approximate surface area is 128 Å². The van der Waals surface area contributed by atoms with Gasteiger partial charge in [0, 0.05) is 13.0 Å². The molecule has 2 N–H and O–H groups in total. The zero-order valence-corrected chi connectivity index (χ0v) is 13.6. The highest BCUT2D eigenvalue weighted by Crippen LogP contribution is 2.20. The summed E-state index contributed by atoms with van der Waals surface area (Å²) < 4.78 is 0. The molecule has 0 aliphatic carbocycles. The third-order valence-corrected chi connectivity index (χ3v) is 3.12. The average molecular weight is 299 g/mol. The maximum absolute atomic E-state index is 11.7. The van der Waals surface area contributed by atoms with Crippen molar-refractivity contribution >= 4 is 18.3 Å². The van der Waals surface area contributed by atoms with E-state index in [4.69, 9.17) is 0 Å². The summed E-state index contributed by atoms with van der Waals surface area (Å²) in [6, 6.07) is 10.4. The molecule has 1 rings (SSSR count). The van der Waals surface area contributed by atoms with Crippen LogP contribution < -0.4 is 10.6 Å². The second kappa shape index (κ2) is 9.78. The minimum atomic E-state index is 0. The zero-order valence-electron chi connectivity index (χ0n) is 12.7. The molecule has 0 bridgehead atoms. The molecule has 3 nitrogen and oxygen atoms in total. The van der Waals surface area contributed by atoms with Gasteiger partial charge in [-0.2, -0.15) is 0 Å². The first kappa shape index (κ1) is 18.9. The van der Waals surface area contributed by atoms with Gasteiger partial charge in [-0.3, -0.25) is 4.79 Å². The zero-order chi connectivity index (χ0) is 14.1. The Kier molecular flexibility index (Phi) is 9.26. The van der Waals surface area contributed by atoms with Crippen molar-refractivity contribution in [3.63, 3.8) is 0 Å². The van der Waals surface area contributed by atoms with Crippen molar-refractivity contribution in [3.05, 3.63) is 35.9 Å². The molecule has 0 atom stereocenters. The van der Waals surface area contributed by atoms with Crippen molar-refractivity contribution in [1.29, 1.82) is 0 Å². The van der Waals surface area contributed by atoms with E-state index < -0.39 is 0 Å². The number of carbonyl (C=O) groups excluding carboxylic acids is 1. The molecule has 0 aliphatic rings. The smallest absolute Gasteiger partial charge is 0.220 e. The molecule has 4 heteroatoms. The Bertz CT molecular complexity index is 379. The molecule has 0 aliphatic heterocycles. The molecule has 0 spiro atoms. The van der Waals surface area contributed by atoms with E-state index in [0.29, 0.717) is 6.42 Å². The molecular formula is C16H27ClN2O. The number of hydrogen-bond donors (Lipinski definition) is 2. The Balaban J connectivity index is 0.00000361. The Hall–Kier alpha value is -1.06.